The number of benzene rings is 1. The first-order valence-corrected chi connectivity index (χ1v) is 14.9. The number of aliphatic hydroxyl groups excluding tert-OH is 1. The number of carbonyl (C=O) groups is 2. The Hall–Kier alpha value is -2.47. The fourth-order valence-corrected chi connectivity index (χ4v) is 6.22. The van der Waals surface area contributed by atoms with Crippen molar-refractivity contribution >= 4 is 37.6 Å². The van der Waals surface area contributed by atoms with E-state index in [4.69, 9.17) is 14.3 Å². The number of hydrogen-bond donors (Lipinski definition) is 1. The van der Waals surface area contributed by atoms with Crippen molar-refractivity contribution in [2.45, 2.75) is 51.7 Å². The molecule has 11 heteroatoms. The molecule has 3 atom stereocenters. The van der Waals surface area contributed by atoms with Crippen molar-refractivity contribution in [1.29, 1.82) is 0 Å². The molecule has 33 heavy (non-hydrogen) atoms. The van der Waals surface area contributed by atoms with E-state index in [-0.39, 0.29) is 48.6 Å². The zero-order chi connectivity index (χ0) is 24.3. The number of ether oxygens (including phenoxy) is 1. The number of non-ortho nitro benzene ring substituents is 1. The van der Waals surface area contributed by atoms with Crippen LogP contribution in [0, 0.1) is 16.0 Å². The second-order valence-corrected chi connectivity index (χ2v) is 14.3. The topological polar surface area (TPSA) is 119 Å². The van der Waals surface area contributed by atoms with E-state index < -0.39 is 19.2 Å². The molecule has 0 radical (unpaired) electrons. The molecule has 1 fully saturated rings. The Morgan fingerprint density at radius 3 is 2.61 bits per heavy atom. The smallest absolute Gasteiger partial charge is 0.356 e. The fourth-order valence-electron chi connectivity index (χ4n) is 4.05. The van der Waals surface area contributed by atoms with Gasteiger partial charge in [-0.25, -0.2) is 4.79 Å². The fraction of sp³-hybridized carbons (Fsp3) is 0.455. The maximum atomic E-state index is 13.0. The summed E-state index contributed by atoms with van der Waals surface area (Å²) < 4.78 is 11.6. The summed E-state index contributed by atoms with van der Waals surface area (Å²) in [6.07, 6.45) is 1.82. The second kappa shape index (κ2) is 10.2. The van der Waals surface area contributed by atoms with E-state index >= 15 is 0 Å². The summed E-state index contributed by atoms with van der Waals surface area (Å²) in [6.45, 7) is 7.91. The number of carbonyl (C=O) groups excluding carboxylic acids is 2. The Morgan fingerprint density at radius 2 is 2.03 bits per heavy atom. The van der Waals surface area contributed by atoms with E-state index in [1.807, 2.05) is 6.92 Å². The molecule has 0 bridgehead atoms. The molecule has 1 aromatic rings. The number of nitro benzene ring substituents is 1. The highest BCUT2D eigenvalue weighted by Gasteiger charge is 2.57. The van der Waals surface area contributed by atoms with Crippen molar-refractivity contribution < 1.29 is 28.8 Å². The van der Waals surface area contributed by atoms with Gasteiger partial charge in [0.25, 0.3) is 5.69 Å². The first-order chi connectivity index (χ1) is 15.5. The van der Waals surface area contributed by atoms with E-state index in [1.165, 1.54) is 40.9 Å². The van der Waals surface area contributed by atoms with Crippen LogP contribution in [0.25, 0.3) is 0 Å². The standard InChI is InChI=1S/C22H28N2O7SSi/c1-14(31-33(2,3)4)19-17-12-18(32-11-5-10-25)20(23(17)21(19)26)22(27)30-13-15-6-8-16(9-7-15)24(28)29/h5-9,11,14,17,19,25H,10,12-13H2,1-4H3/b11-5+/t14-,17+,19-/m0/s1. The SMILES string of the molecule is C[C@H](O[Si](C)(C)C)[C@@H]1C(=O)N2C(C(=O)OCc3ccc([N+](=O)[O-])cc3)=C(S/C=C/CO)C[C@H]12. The van der Waals surface area contributed by atoms with Crippen LogP contribution < -0.4 is 0 Å². The summed E-state index contributed by atoms with van der Waals surface area (Å²) in [5.74, 6) is -1.11. The average Bonchev–Trinajstić information content (AvgIpc) is 3.05. The highest BCUT2D eigenvalue weighted by molar-refractivity contribution is 8.05. The molecule has 0 aliphatic carbocycles. The van der Waals surface area contributed by atoms with Crippen LogP contribution in [0.15, 0.2) is 46.4 Å². The van der Waals surface area contributed by atoms with E-state index in [9.17, 15) is 19.7 Å². The van der Waals surface area contributed by atoms with Crippen LogP contribution in [0.4, 0.5) is 5.69 Å². The highest BCUT2D eigenvalue weighted by atomic mass is 32.2. The zero-order valence-corrected chi connectivity index (χ0v) is 20.8. The molecule has 0 saturated carbocycles. The number of thioether (sulfide) groups is 1. The molecular formula is C22H28N2O7SSi. The van der Waals surface area contributed by atoms with Crippen LogP contribution in [-0.2, 0) is 25.4 Å². The summed E-state index contributed by atoms with van der Waals surface area (Å²) in [7, 11) is -1.84. The summed E-state index contributed by atoms with van der Waals surface area (Å²) in [5, 5.41) is 21.5. The van der Waals surface area contributed by atoms with Gasteiger partial charge in [-0.1, -0.05) is 6.08 Å². The molecule has 178 valence electrons. The summed E-state index contributed by atoms with van der Waals surface area (Å²) in [6, 6.07) is 5.57. The Bertz CT molecular complexity index is 987. The molecule has 2 heterocycles. The van der Waals surface area contributed by atoms with E-state index in [2.05, 4.69) is 19.6 Å². The van der Waals surface area contributed by atoms with E-state index in [1.54, 1.807) is 11.5 Å². The molecule has 2 aliphatic heterocycles. The van der Waals surface area contributed by atoms with E-state index in [0.717, 1.165) is 0 Å². The first-order valence-electron chi connectivity index (χ1n) is 10.6. The molecule has 2 aliphatic rings. The number of hydrogen-bond acceptors (Lipinski definition) is 8. The van der Waals surface area contributed by atoms with Crippen LogP contribution in [0.2, 0.25) is 19.6 Å². The van der Waals surface area contributed by atoms with Crippen molar-refractivity contribution in [2.75, 3.05) is 6.61 Å². The zero-order valence-electron chi connectivity index (χ0n) is 19.0. The van der Waals surface area contributed by atoms with Gasteiger partial charge in [-0.3, -0.25) is 14.9 Å². The molecular weight excluding hydrogens is 464 g/mol. The van der Waals surface area contributed by atoms with Gasteiger partial charge in [0.1, 0.15) is 12.3 Å². The Morgan fingerprint density at radius 1 is 1.36 bits per heavy atom. The molecule has 0 aromatic heterocycles. The van der Waals surface area contributed by atoms with Gasteiger partial charge in [-0.15, -0.1) is 11.8 Å². The van der Waals surface area contributed by atoms with Crippen LogP contribution >= 0.6 is 11.8 Å². The maximum Gasteiger partial charge on any atom is 0.356 e. The lowest BCUT2D eigenvalue weighted by molar-refractivity contribution is -0.384. The van der Waals surface area contributed by atoms with Crippen molar-refractivity contribution in [3.63, 3.8) is 0 Å². The van der Waals surface area contributed by atoms with Gasteiger partial charge in [0.2, 0.25) is 5.91 Å². The maximum absolute atomic E-state index is 13.0. The number of fused-ring (bicyclic) bond motifs is 1. The quantitative estimate of drug-likeness (QED) is 0.173. The van der Waals surface area contributed by atoms with Gasteiger partial charge in [-0.05, 0) is 49.7 Å². The summed E-state index contributed by atoms with van der Waals surface area (Å²) in [4.78, 5) is 38.5. The number of aliphatic hydroxyl groups is 1. The van der Waals surface area contributed by atoms with Crippen molar-refractivity contribution in [3.05, 3.63) is 62.0 Å². The highest BCUT2D eigenvalue weighted by Crippen LogP contribution is 2.48. The lowest BCUT2D eigenvalue weighted by Crippen LogP contribution is -2.63. The van der Waals surface area contributed by atoms with Gasteiger partial charge >= 0.3 is 5.97 Å². The number of nitrogens with zero attached hydrogens (tertiary/aromatic N) is 2. The van der Waals surface area contributed by atoms with Crippen molar-refractivity contribution in [2.24, 2.45) is 5.92 Å². The largest absolute Gasteiger partial charge is 0.456 e. The number of β-lactam (4-membered cyclic amide) rings is 1. The van der Waals surface area contributed by atoms with Gasteiger partial charge in [0.15, 0.2) is 8.32 Å². The molecule has 1 saturated heterocycles. The Balaban J connectivity index is 1.74. The van der Waals surface area contributed by atoms with Gasteiger partial charge in [0.05, 0.1) is 29.6 Å². The first kappa shape index (κ1) is 25.2. The number of rotatable bonds is 10. The van der Waals surface area contributed by atoms with Crippen LogP contribution in [0.1, 0.15) is 18.9 Å². The third-order valence-corrected chi connectivity index (χ3v) is 7.39. The minimum absolute atomic E-state index is 0.0485. The van der Waals surface area contributed by atoms with Crippen LogP contribution in [-0.4, -0.2) is 53.9 Å². The molecule has 9 nitrogen and oxygen atoms in total. The lowest BCUT2D eigenvalue weighted by Gasteiger charge is -2.47. The van der Waals surface area contributed by atoms with E-state index in [0.29, 0.717) is 16.9 Å². The van der Waals surface area contributed by atoms with Gasteiger partial charge in [-0.2, -0.15) is 0 Å². The number of nitro groups is 1. The molecule has 1 N–H and O–H groups in total. The molecule has 0 unspecified atom stereocenters. The minimum atomic E-state index is -1.84. The van der Waals surface area contributed by atoms with Crippen molar-refractivity contribution in [3.8, 4) is 0 Å². The number of esters is 1. The lowest BCUT2D eigenvalue weighted by atomic mass is 9.83. The molecule has 3 rings (SSSR count). The third kappa shape index (κ3) is 5.72. The van der Waals surface area contributed by atoms with Gasteiger partial charge < -0.3 is 19.2 Å². The Kier molecular flexibility index (Phi) is 7.78. The normalized spacial score (nSPS) is 21.2. The summed E-state index contributed by atoms with van der Waals surface area (Å²) in [5.41, 5.74) is 0.770. The number of amides is 1. The predicted molar refractivity (Wildman–Crippen MR) is 126 cm³/mol. The predicted octanol–water partition coefficient (Wildman–Crippen LogP) is 3.56. The second-order valence-electron chi connectivity index (χ2n) is 8.88. The Labute approximate surface area is 197 Å². The van der Waals surface area contributed by atoms with Crippen LogP contribution in [0.3, 0.4) is 0 Å². The average molecular weight is 493 g/mol. The molecule has 0 spiro atoms. The van der Waals surface area contributed by atoms with Crippen LogP contribution in [0.5, 0.6) is 0 Å². The molecule has 1 aromatic carbocycles. The minimum Gasteiger partial charge on any atom is -0.456 e. The third-order valence-electron chi connectivity index (χ3n) is 5.34. The summed E-state index contributed by atoms with van der Waals surface area (Å²) >= 11 is 1.29. The van der Waals surface area contributed by atoms with Crippen molar-refractivity contribution in [1.82, 2.24) is 4.90 Å². The molecule has 1 amide bonds. The monoisotopic (exact) mass is 492 g/mol. The van der Waals surface area contributed by atoms with Gasteiger partial charge in [0, 0.05) is 23.5 Å².